The van der Waals surface area contributed by atoms with Crippen LogP contribution in [0.4, 0.5) is 0 Å². The predicted octanol–water partition coefficient (Wildman–Crippen LogP) is 0.802. The minimum absolute atomic E-state index is 0.289. The number of nitrogens with zero attached hydrogens (tertiary/aromatic N) is 1. The van der Waals surface area contributed by atoms with Crippen molar-refractivity contribution < 1.29 is 13.9 Å². The number of carbonyl (C=O) groups excluding carboxylic acids is 1. The molecular weight excluding hydrogens is 246 g/mol. The quantitative estimate of drug-likeness (QED) is 0.479. The van der Waals surface area contributed by atoms with Gasteiger partial charge in [-0.25, -0.2) is 5.84 Å². The van der Waals surface area contributed by atoms with E-state index in [2.05, 4.69) is 17.2 Å². The van der Waals surface area contributed by atoms with Crippen LogP contribution in [-0.2, 0) is 11.3 Å². The summed E-state index contributed by atoms with van der Waals surface area (Å²) in [7, 11) is 0. The van der Waals surface area contributed by atoms with Crippen molar-refractivity contribution in [3.8, 4) is 0 Å². The number of amides is 1. The van der Waals surface area contributed by atoms with Crippen molar-refractivity contribution in [1.82, 2.24) is 10.3 Å². The molecule has 2 heterocycles. The van der Waals surface area contributed by atoms with Crippen LogP contribution in [0.5, 0.6) is 0 Å². The molecule has 3 N–H and O–H groups in total. The molecule has 0 radical (unpaired) electrons. The number of aryl methyl sites for hydroxylation is 1. The number of ether oxygens (including phenoxy) is 1. The Morgan fingerprint density at radius 1 is 1.63 bits per heavy atom. The van der Waals surface area contributed by atoms with Gasteiger partial charge in [0, 0.05) is 13.1 Å². The molecule has 0 spiro atoms. The van der Waals surface area contributed by atoms with Crippen molar-refractivity contribution in [2.45, 2.75) is 32.9 Å². The summed E-state index contributed by atoms with van der Waals surface area (Å²) in [6.07, 6.45) is 1.30. The first-order valence-corrected chi connectivity index (χ1v) is 6.58. The Bertz CT molecular complexity index is 444. The highest BCUT2D eigenvalue weighted by Crippen LogP contribution is 2.18. The summed E-state index contributed by atoms with van der Waals surface area (Å²) in [6, 6.07) is 1.76. The van der Waals surface area contributed by atoms with Crippen LogP contribution in [0.25, 0.3) is 0 Å². The molecule has 6 heteroatoms. The van der Waals surface area contributed by atoms with Crippen LogP contribution in [-0.4, -0.2) is 36.6 Å². The monoisotopic (exact) mass is 267 g/mol. The fourth-order valence-corrected chi connectivity index (χ4v) is 2.32. The molecule has 106 valence electrons. The van der Waals surface area contributed by atoms with Gasteiger partial charge in [-0.3, -0.25) is 15.1 Å². The first kappa shape index (κ1) is 14.0. The number of hydrogen-bond acceptors (Lipinski definition) is 5. The highest BCUT2D eigenvalue weighted by Gasteiger charge is 2.21. The van der Waals surface area contributed by atoms with Gasteiger partial charge in [-0.1, -0.05) is 6.92 Å². The number of morpholine rings is 1. The second-order valence-electron chi connectivity index (χ2n) is 4.79. The van der Waals surface area contributed by atoms with E-state index >= 15 is 0 Å². The third-order valence-electron chi connectivity index (χ3n) is 3.40. The Balaban J connectivity index is 2.01. The number of hydrazine groups is 1. The average Bonchev–Trinajstić information content (AvgIpc) is 2.79. The van der Waals surface area contributed by atoms with Gasteiger partial charge in [-0.05, 0) is 19.4 Å². The maximum absolute atomic E-state index is 11.5. The number of furan rings is 1. The van der Waals surface area contributed by atoms with Gasteiger partial charge in [0.25, 0.3) is 5.91 Å². The standard InChI is InChI=1S/C13H21N3O3/c1-3-10-7-16(4-5-18-10)8-11-6-12(9(2)19-11)13(17)15-14/h6,10H,3-5,7-8,14H2,1-2H3,(H,15,17). The lowest BCUT2D eigenvalue weighted by molar-refractivity contribution is -0.0342. The first-order chi connectivity index (χ1) is 9.13. The van der Waals surface area contributed by atoms with Crippen molar-refractivity contribution in [2.24, 2.45) is 5.84 Å². The number of carbonyl (C=O) groups is 1. The summed E-state index contributed by atoms with van der Waals surface area (Å²) in [5.41, 5.74) is 2.62. The summed E-state index contributed by atoms with van der Waals surface area (Å²) >= 11 is 0. The third kappa shape index (κ3) is 3.34. The normalized spacial score (nSPS) is 20.5. The van der Waals surface area contributed by atoms with Crippen LogP contribution in [0, 0.1) is 6.92 Å². The van der Waals surface area contributed by atoms with Gasteiger partial charge in [-0.15, -0.1) is 0 Å². The molecule has 1 aliphatic rings. The van der Waals surface area contributed by atoms with Gasteiger partial charge in [0.2, 0.25) is 0 Å². The lowest BCUT2D eigenvalue weighted by Gasteiger charge is -2.31. The molecule has 19 heavy (non-hydrogen) atoms. The van der Waals surface area contributed by atoms with Crippen molar-refractivity contribution in [3.63, 3.8) is 0 Å². The summed E-state index contributed by atoms with van der Waals surface area (Å²) in [5.74, 6) is 6.20. The van der Waals surface area contributed by atoms with E-state index in [0.717, 1.165) is 31.9 Å². The zero-order valence-corrected chi connectivity index (χ0v) is 11.4. The fraction of sp³-hybridized carbons (Fsp3) is 0.615. The van der Waals surface area contributed by atoms with Gasteiger partial charge in [0.15, 0.2) is 0 Å². The molecule has 1 amide bonds. The summed E-state index contributed by atoms with van der Waals surface area (Å²) in [4.78, 5) is 13.8. The first-order valence-electron chi connectivity index (χ1n) is 6.58. The van der Waals surface area contributed by atoms with Crippen LogP contribution >= 0.6 is 0 Å². The van der Waals surface area contributed by atoms with Gasteiger partial charge in [-0.2, -0.15) is 0 Å². The molecule has 0 aliphatic carbocycles. The van der Waals surface area contributed by atoms with E-state index in [4.69, 9.17) is 15.0 Å². The highest BCUT2D eigenvalue weighted by molar-refractivity contribution is 5.94. The molecule has 1 unspecified atom stereocenters. The van der Waals surface area contributed by atoms with Crippen LogP contribution in [0.15, 0.2) is 10.5 Å². The van der Waals surface area contributed by atoms with Crippen LogP contribution in [0.3, 0.4) is 0 Å². The van der Waals surface area contributed by atoms with Gasteiger partial charge < -0.3 is 9.15 Å². The molecule has 0 saturated carbocycles. The molecular formula is C13H21N3O3. The zero-order valence-electron chi connectivity index (χ0n) is 11.4. The van der Waals surface area contributed by atoms with Crippen molar-refractivity contribution in [2.75, 3.05) is 19.7 Å². The number of nitrogens with one attached hydrogen (secondary N) is 1. The largest absolute Gasteiger partial charge is 0.464 e. The fourth-order valence-electron chi connectivity index (χ4n) is 2.32. The summed E-state index contributed by atoms with van der Waals surface area (Å²) < 4.78 is 11.2. The average molecular weight is 267 g/mol. The molecule has 2 rings (SSSR count). The lowest BCUT2D eigenvalue weighted by Crippen LogP contribution is -2.41. The second-order valence-corrected chi connectivity index (χ2v) is 4.79. The molecule has 1 fully saturated rings. The van der Waals surface area contributed by atoms with Crippen LogP contribution in [0.1, 0.15) is 35.2 Å². The van der Waals surface area contributed by atoms with E-state index in [1.165, 1.54) is 0 Å². The maximum Gasteiger partial charge on any atom is 0.268 e. The van der Waals surface area contributed by atoms with Crippen LogP contribution < -0.4 is 11.3 Å². The van der Waals surface area contributed by atoms with Crippen molar-refractivity contribution in [3.05, 3.63) is 23.2 Å². The van der Waals surface area contributed by atoms with Crippen molar-refractivity contribution in [1.29, 1.82) is 0 Å². The Morgan fingerprint density at radius 2 is 2.42 bits per heavy atom. The van der Waals surface area contributed by atoms with E-state index in [0.29, 0.717) is 17.9 Å². The minimum atomic E-state index is -0.319. The van der Waals surface area contributed by atoms with Crippen molar-refractivity contribution >= 4 is 5.91 Å². The Kier molecular flexibility index (Phi) is 4.57. The second kappa shape index (κ2) is 6.18. The van der Waals surface area contributed by atoms with Gasteiger partial charge >= 0.3 is 0 Å². The topological polar surface area (TPSA) is 80.7 Å². The van der Waals surface area contributed by atoms with Gasteiger partial charge in [0.05, 0.1) is 24.8 Å². The van der Waals surface area contributed by atoms with Crippen LogP contribution in [0.2, 0.25) is 0 Å². The van der Waals surface area contributed by atoms with E-state index in [9.17, 15) is 4.79 Å². The highest BCUT2D eigenvalue weighted by atomic mass is 16.5. The number of hydrogen-bond donors (Lipinski definition) is 2. The van der Waals surface area contributed by atoms with E-state index in [-0.39, 0.29) is 12.0 Å². The number of nitrogen functional groups attached to an aromatic ring is 1. The third-order valence-corrected chi connectivity index (χ3v) is 3.40. The molecule has 1 saturated heterocycles. The molecule has 0 aromatic carbocycles. The Labute approximate surface area is 112 Å². The predicted molar refractivity (Wildman–Crippen MR) is 70.4 cm³/mol. The molecule has 0 bridgehead atoms. The van der Waals surface area contributed by atoms with E-state index in [1.54, 1.807) is 13.0 Å². The lowest BCUT2D eigenvalue weighted by atomic mass is 10.2. The molecule has 1 aromatic rings. The molecule has 1 aliphatic heterocycles. The maximum atomic E-state index is 11.5. The minimum Gasteiger partial charge on any atom is -0.464 e. The SMILES string of the molecule is CCC1CN(Cc2cc(C(=O)NN)c(C)o2)CCO1. The Morgan fingerprint density at radius 3 is 3.11 bits per heavy atom. The smallest absolute Gasteiger partial charge is 0.268 e. The Hall–Kier alpha value is -1.37. The zero-order chi connectivity index (χ0) is 13.8. The molecule has 1 atom stereocenters. The molecule has 6 nitrogen and oxygen atoms in total. The summed E-state index contributed by atoms with van der Waals surface area (Å²) in [6.45, 7) is 7.10. The number of nitrogens with two attached hydrogens (primary N) is 1. The summed E-state index contributed by atoms with van der Waals surface area (Å²) in [5, 5.41) is 0. The van der Waals surface area contributed by atoms with E-state index < -0.39 is 0 Å². The molecule has 1 aromatic heterocycles. The van der Waals surface area contributed by atoms with E-state index in [1.807, 2.05) is 0 Å². The number of rotatable bonds is 4. The van der Waals surface area contributed by atoms with Gasteiger partial charge in [0.1, 0.15) is 11.5 Å².